The van der Waals surface area contributed by atoms with Crippen LogP contribution >= 0.6 is 0 Å². The predicted octanol–water partition coefficient (Wildman–Crippen LogP) is 6.23. The van der Waals surface area contributed by atoms with Gasteiger partial charge in [0.25, 0.3) is 5.69 Å². The van der Waals surface area contributed by atoms with Gasteiger partial charge in [-0.1, -0.05) is 0 Å². The van der Waals surface area contributed by atoms with E-state index in [2.05, 4.69) is 15.0 Å². The fourth-order valence-corrected chi connectivity index (χ4v) is 4.02. The van der Waals surface area contributed by atoms with Crippen molar-refractivity contribution in [1.29, 1.82) is 0 Å². The van der Waals surface area contributed by atoms with E-state index in [1.54, 1.807) is 12.1 Å². The third-order valence-corrected chi connectivity index (χ3v) is 5.56. The highest BCUT2D eigenvalue weighted by Gasteiger charge is 2.09. The van der Waals surface area contributed by atoms with Crippen molar-refractivity contribution in [2.45, 2.75) is 0 Å². The van der Waals surface area contributed by atoms with Crippen LogP contribution in [0.1, 0.15) is 22.8 Å². The average Bonchev–Trinajstić information content (AvgIpc) is 3.59. The molecule has 3 aromatic heterocycles. The van der Waals surface area contributed by atoms with E-state index in [0.717, 1.165) is 56.0 Å². The first-order valence-corrected chi connectivity index (χ1v) is 10.4. The van der Waals surface area contributed by atoms with E-state index >= 15 is 0 Å². The van der Waals surface area contributed by atoms with Gasteiger partial charge in [0.2, 0.25) is 0 Å². The Hall–Kier alpha value is -4.78. The normalized spacial score (nSPS) is 12.2. The number of nitro benzene ring substituents is 1. The van der Waals surface area contributed by atoms with Gasteiger partial charge in [-0.15, -0.1) is 0 Å². The summed E-state index contributed by atoms with van der Waals surface area (Å²) in [6.45, 7) is 0. The van der Waals surface area contributed by atoms with Crippen LogP contribution in [0.25, 0.3) is 57.5 Å². The molecule has 0 saturated carbocycles. The largest absolute Gasteiger partial charge is 0.355 e. The summed E-state index contributed by atoms with van der Waals surface area (Å²) in [6.07, 6.45) is 7.87. The Morgan fingerprint density at radius 2 is 1.24 bits per heavy atom. The van der Waals surface area contributed by atoms with Gasteiger partial charge >= 0.3 is 0 Å². The zero-order chi connectivity index (χ0) is 22.4. The van der Waals surface area contributed by atoms with E-state index in [-0.39, 0.29) is 5.69 Å². The Morgan fingerprint density at radius 1 is 0.636 bits per heavy atom. The second kappa shape index (κ2) is 7.42. The number of H-pyrrole nitrogens is 2. The van der Waals surface area contributed by atoms with E-state index in [1.165, 1.54) is 12.1 Å². The SMILES string of the molecule is O=[N+]([O-])c1ccc(-c2cc3cc4ccc(cc5nc(cc6nc(cc2[nH]3)C=C6)C=C5)[nH]4)cc1. The third-order valence-electron chi connectivity index (χ3n) is 5.56. The van der Waals surface area contributed by atoms with Gasteiger partial charge in [0.1, 0.15) is 0 Å². The quantitative estimate of drug-likeness (QED) is 0.251. The van der Waals surface area contributed by atoms with E-state index in [9.17, 15) is 10.1 Å². The van der Waals surface area contributed by atoms with Crippen LogP contribution in [0.3, 0.4) is 0 Å². The summed E-state index contributed by atoms with van der Waals surface area (Å²) < 4.78 is 0. The van der Waals surface area contributed by atoms with Gasteiger partial charge in [0.05, 0.1) is 27.7 Å². The number of aromatic amines is 2. The Kier molecular flexibility index (Phi) is 4.26. The van der Waals surface area contributed by atoms with E-state index in [0.29, 0.717) is 0 Å². The molecular weight excluding hydrogens is 414 g/mol. The molecule has 0 saturated heterocycles. The summed E-state index contributed by atoms with van der Waals surface area (Å²) in [5, 5.41) is 11.1. The lowest BCUT2D eigenvalue weighted by Crippen LogP contribution is -1.86. The van der Waals surface area contributed by atoms with Crippen LogP contribution < -0.4 is 0 Å². The summed E-state index contributed by atoms with van der Waals surface area (Å²) in [7, 11) is 0. The third kappa shape index (κ3) is 3.72. The molecular formula is C26H17N5O2. The molecule has 0 spiro atoms. The van der Waals surface area contributed by atoms with Gasteiger partial charge in [0.15, 0.2) is 0 Å². The van der Waals surface area contributed by atoms with Gasteiger partial charge in [-0.3, -0.25) is 10.1 Å². The smallest absolute Gasteiger partial charge is 0.269 e. The molecule has 0 aliphatic carbocycles. The van der Waals surface area contributed by atoms with Crippen molar-refractivity contribution in [2.75, 3.05) is 0 Å². The molecule has 2 aliphatic rings. The highest BCUT2D eigenvalue weighted by atomic mass is 16.6. The highest BCUT2D eigenvalue weighted by molar-refractivity contribution is 5.88. The standard InChI is InChI=1S/C26H17N5O2/c32-31(33)24-9-1-16(2-10-24)25-14-23-13-21-6-5-19(28-21)11-17-3-4-18(27-17)12-20-7-8-22(29-20)15-26(25)30-23/h1-15,28,30H. The maximum Gasteiger partial charge on any atom is 0.269 e. The molecule has 33 heavy (non-hydrogen) atoms. The molecule has 8 bridgehead atoms. The minimum absolute atomic E-state index is 0.0642. The van der Waals surface area contributed by atoms with Crippen LogP contribution in [0.5, 0.6) is 0 Å². The first-order valence-electron chi connectivity index (χ1n) is 10.4. The number of fused-ring (bicyclic) bond motifs is 8. The summed E-state index contributed by atoms with van der Waals surface area (Å²) in [4.78, 5) is 26.9. The van der Waals surface area contributed by atoms with Crippen molar-refractivity contribution in [3.63, 3.8) is 0 Å². The van der Waals surface area contributed by atoms with Crippen LogP contribution in [0.4, 0.5) is 5.69 Å². The predicted molar refractivity (Wildman–Crippen MR) is 131 cm³/mol. The van der Waals surface area contributed by atoms with Crippen LogP contribution in [-0.2, 0) is 0 Å². The number of non-ortho nitro benzene ring substituents is 1. The van der Waals surface area contributed by atoms with Gasteiger partial charge in [-0.05, 0) is 84.5 Å². The van der Waals surface area contributed by atoms with Gasteiger partial charge in [-0.2, -0.15) is 0 Å². The molecule has 0 fully saturated rings. The van der Waals surface area contributed by atoms with E-state index in [4.69, 9.17) is 4.98 Å². The second-order valence-corrected chi connectivity index (χ2v) is 7.89. The molecule has 0 atom stereocenters. The maximum atomic E-state index is 11.1. The molecule has 7 nitrogen and oxygen atoms in total. The molecule has 5 heterocycles. The zero-order valence-corrected chi connectivity index (χ0v) is 17.3. The summed E-state index contributed by atoms with van der Waals surface area (Å²) in [5.41, 5.74) is 8.94. The lowest BCUT2D eigenvalue weighted by atomic mass is 10.1. The number of benzene rings is 1. The van der Waals surface area contributed by atoms with Crippen molar-refractivity contribution in [3.8, 4) is 11.1 Å². The van der Waals surface area contributed by atoms with Gasteiger partial charge in [-0.25, -0.2) is 9.97 Å². The van der Waals surface area contributed by atoms with Crippen LogP contribution in [-0.4, -0.2) is 24.9 Å². The van der Waals surface area contributed by atoms with Crippen LogP contribution in [0, 0.1) is 10.1 Å². The van der Waals surface area contributed by atoms with Gasteiger partial charge in [0, 0.05) is 39.8 Å². The van der Waals surface area contributed by atoms with E-state index in [1.807, 2.05) is 66.8 Å². The van der Waals surface area contributed by atoms with Crippen LogP contribution in [0.2, 0.25) is 0 Å². The fraction of sp³-hybridized carbons (Fsp3) is 0. The Morgan fingerprint density at radius 3 is 1.91 bits per heavy atom. The number of nitro groups is 1. The number of aromatic nitrogens is 4. The lowest BCUT2D eigenvalue weighted by Gasteiger charge is -1.98. The molecule has 7 heteroatoms. The van der Waals surface area contributed by atoms with Crippen LogP contribution in [0.15, 0.2) is 66.7 Å². The summed E-state index contributed by atoms with van der Waals surface area (Å²) in [6, 6.07) is 20.6. The Balaban J connectivity index is 1.62. The van der Waals surface area contributed by atoms with Crippen molar-refractivity contribution in [2.24, 2.45) is 0 Å². The second-order valence-electron chi connectivity index (χ2n) is 7.89. The molecule has 2 N–H and O–H groups in total. The van der Waals surface area contributed by atoms with E-state index < -0.39 is 4.92 Å². The maximum absolute atomic E-state index is 11.1. The monoisotopic (exact) mass is 431 g/mol. The summed E-state index contributed by atoms with van der Waals surface area (Å²) >= 11 is 0. The molecule has 1 aromatic carbocycles. The number of nitrogens with one attached hydrogen (secondary N) is 2. The van der Waals surface area contributed by atoms with Crippen molar-refractivity contribution >= 4 is 52.1 Å². The minimum Gasteiger partial charge on any atom is -0.355 e. The lowest BCUT2D eigenvalue weighted by molar-refractivity contribution is -0.384. The van der Waals surface area contributed by atoms with Crippen molar-refractivity contribution < 1.29 is 4.92 Å². The number of rotatable bonds is 2. The molecule has 4 aromatic rings. The number of nitrogens with zero attached hydrogens (tertiary/aromatic N) is 3. The fourth-order valence-electron chi connectivity index (χ4n) is 4.02. The first-order chi connectivity index (χ1) is 16.1. The minimum atomic E-state index is -0.393. The Labute approximate surface area is 188 Å². The highest BCUT2D eigenvalue weighted by Crippen LogP contribution is 2.29. The first kappa shape index (κ1) is 18.9. The Bertz CT molecular complexity index is 1640. The van der Waals surface area contributed by atoms with Crippen molar-refractivity contribution in [1.82, 2.24) is 19.9 Å². The average molecular weight is 431 g/mol. The molecule has 158 valence electrons. The zero-order valence-electron chi connectivity index (χ0n) is 17.3. The topological polar surface area (TPSA) is 100 Å². The molecule has 0 unspecified atom stereocenters. The summed E-state index contributed by atoms with van der Waals surface area (Å²) in [5.74, 6) is 0. The number of hydrogen-bond donors (Lipinski definition) is 2. The van der Waals surface area contributed by atoms with Crippen molar-refractivity contribution in [3.05, 3.63) is 99.6 Å². The molecule has 2 aliphatic heterocycles. The molecule has 6 rings (SSSR count). The number of hydrogen-bond acceptors (Lipinski definition) is 4. The molecule has 0 radical (unpaired) electrons. The van der Waals surface area contributed by atoms with Gasteiger partial charge < -0.3 is 9.97 Å². The molecule has 0 amide bonds.